The van der Waals surface area contributed by atoms with Crippen molar-refractivity contribution in [3.63, 3.8) is 0 Å². The van der Waals surface area contributed by atoms with Crippen LogP contribution in [0.2, 0.25) is 0 Å². The average molecular weight is 207 g/mol. The summed E-state index contributed by atoms with van der Waals surface area (Å²) in [7, 11) is 0. The topological polar surface area (TPSA) is 61.6 Å². The molecule has 2 N–H and O–H groups in total. The summed E-state index contributed by atoms with van der Waals surface area (Å²) in [4.78, 5) is 11.7. The van der Waals surface area contributed by atoms with Gasteiger partial charge in [0, 0.05) is 6.42 Å². The molecule has 0 aliphatic carbocycles. The molecular weight excluding hydrogens is 194 g/mol. The Labute approximate surface area is 88.0 Å². The van der Waals surface area contributed by atoms with Gasteiger partial charge in [0.25, 0.3) is 0 Å². The third kappa shape index (κ3) is 1.80. The highest BCUT2D eigenvalue weighted by molar-refractivity contribution is 6.00. The molecule has 1 aromatic rings. The molecule has 0 radical (unpaired) electrons. The first-order chi connectivity index (χ1) is 7.22. The molecule has 80 valence electrons. The van der Waals surface area contributed by atoms with Crippen LogP contribution in [-0.2, 0) is 0 Å². The Balaban J connectivity index is 2.42. The number of carbonyl (C=O) groups excluding carboxylic acids is 1. The summed E-state index contributed by atoms with van der Waals surface area (Å²) in [5.74, 6) is 1.21. The summed E-state index contributed by atoms with van der Waals surface area (Å²) in [6, 6.07) is 3.67. The molecule has 1 aliphatic heterocycles. The molecule has 0 saturated heterocycles. The largest absolute Gasteiger partial charge is 0.454 e. The lowest BCUT2D eigenvalue weighted by Crippen LogP contribution is -2.09. The molecule has 0 atom stereocenters. The summed E-state index contributed by atoms with van der Waals surface area (Å²) in [6.07, 6.45) is 0.333. The van der Waals surface area contributed by atoms with E-state index in [2.05, 4.69) is 0 Å². The fourth-order valence-electron chi connectivity index (χ4n) is 1.62. The predicted octanol–water partition coefficient (Wildman–Crippen LogP) is 1.26. The molecule has 0 spiro atoms. The first kappa shape index (κ1) is 9.98. The minimum absolute atomic E-state index is 0.00273. The van der Waals surface area contributed by atoms with Gasteiger partial charge in [-0.25, -0.2) is 0 Å². The van der Waals surface area contributed by atoms with Crippen molar-refractivity contribution in [2.24, 2.45) is 5.73 Å². The van der Waals surface area contributed by atoms with E-state index in [1.807, 2.05) is 19.1 Å². The second kappa shape index (κ2) is 3.90. The van der Waals surface area contributed by atoms with Gasteiger partial charge in [-0.3, -0.25) is 4.79 Å². The molecule has 0 unspecified atom stereocenters. The van der Waals surface area contributed by atoms with E-state index >= 15 is 0 Å². The quantitative estimate of drug-likeness (QED) is 0.758. The number of carbonyl (C=O) groups is 1. The monoisotopic (exact) mass is 207 g/mol. The van der Waals surface area contributed by atoms with E-state index in [0.29, 0.717) is 30.0 Å². The Morgan fingerprint density at radius 1 is 1.47 bits per heavy atom. The number of benzene rings is 1. The number of Topliss-reactive ketones (excluding diaryl/α,β-unsaturated/α-hetero) is 1. The van der Waals surface area contributed by atoms with E-state index < -0.39 is 0 Å². The Hall–Kier alpha value is -1.55. The Morgan fingerprint density at radius 3 is 3.00 bits per heavy atom. The zero-order valence-corrected chi connectivity index (χ0v) is 8.58. The van der Waals surface area contributed by atoms with Gasteiger partial charge in [-0.05, 0) is 31.2 Å². The van der Waals surface area contributed by atoms with Crippen LogP contribution in [0.1, 0.15) is 22.3 Å². The van der Waals surface area contributed by atoms with Crippen molar-refractivity contribution < 1.29 is 14.3 Å². The van der Waals surface area contributed by atoms with E-state index in [1.165, 1.54) is 0 Å². The van der Waals surface area contributed by atoms with Gasteiger partial charge in [0.1, 0.15) is 0 Å². The normalized spacial score (nSPS) is 12.9. The van der Waals surface area contributed by atoms with E-state index in [4.69, 9.17) is 15.2 Å². The average Bonchev–Trinajstić information content (AvgIpc) is 2.64. The molecule has 1 aromatic carbocycles. The van der Waals surface area contributed by atoms with Crippen LogP contribution >= 0.6 is 0 Å². The number of aryl methyl sites for hydroxylation is 1. The Morgan fingerprint density at radius 2 is 2.27 bits per heavy atom. The van der Waals surface area contributed by atoms with Crippen LogP contribution in [0.3, 0.4) is 0 Å². The summed E-state index contributed by atoms with van der Waals surface area (Å²) < 4.78 is 10.5. The van der Waals surface area contributed by atoms with Crippen molar-refractivity contribution in [1.82, 2.24) is 0 Å². The zero-order chi connectivity index (χ0) is 10.8. The number of ketones is 1. The number of hydrogen-bond donors (Lipinski definition) is 1. The van der Waals surface area contributed by atoms with Crippen LogP contribution in [0, 0.1) is 6.92 Å². The van der Waals surface area contributed by atoms with E-state index in [-0.39, 0.29) is 12.6 Å². The minimum Gasteiger partial charge on any atom is -0.454 e. The molecule has 1 heterocycles. The molecule has 0 bridgehead atoms. The number of fused-ring (bicyclic) bond motifs is 1. The number of nitrogens with two attached hydrogens (primary N) is 1. The van der Waals surface area contributed by atoms with Crippen LogP contribution in [0.15, 0.2) is 12.1 Å². The maximum atomic E-state index is 11.7. The van der Waals surface area contributed by atoms with Gasteiger partial charge in [0.15, 0.2) is 17.3 Å². The van der Waals surface area contributed by atoms with Gasteiger partial charge in [-0.1, -0.05) is 0 Å². The first-order valence-corrected chi connectivity index (χ1v) is 4.86. The fourth-order valence-corrected chi connectivity index (χ4v) is 1.62. The minimum atomic E-state index is 0.00273. The maximum Gasteiger partial charge on any atom is 0.231 e. The van der Waals surface area contributed by atoms with Crippen LogP contribution in [-0.4, -0.2) is 19.1 Å². The van der Waals surface area contributed by atoms with Crippen molar-refractivity contribution in [3.05, 3.63) is 23.3 Å². The number of ether oxygens (including phenoxy) is 2. The van der Waals surface area contributed by atoms with Crippen molar-refractivity contribution >= 4 is 5.78 Å². The predicted molar refractivity (Wildman–Crippen MR) is 55.3 cm³/mol. The molecule has 0 fully saturated rings. The second-order valence-electron chi connectivity index (χ2n) is 3.51. The van der Waals surface area contributed by atoms with E-state index in [1.54, 1.807) is 0 Å². The SMILES string of the molecule is Cc1cc2c(c(C(=O)CCN)c1)OCO2. The van der Waals surface area contributed by atoms with Crippen molar-refractivity contribution in [2.75, 3.05) is 13.3 Å². The lowest BCUT2D eigenvalue weighted by Gasteiger charge is -2.05. The highest BCUT2D eigenvalue weighted by Gasteiger charge is 2.22. The van der Waals surface area contributed by atoms with Crippen molar-refractivity contribution in [2.45, 2.75) is 13.3 Å². The number of hydrogen-bond acceptors (Lipinski definition) is 4. The zero-order valence-electron chi connectivity index (χ0n) is 8.58. The standard InChI is InChI=1S/C11H13NO3/c1-7-4-8(9(13)2-3-12)11-10(5-7)14-6-15-11/h4-5H,2-3,6,12H2,1H3. The van der Waals surface area contributed by atoms with Gasteiger partial charge in [-0.2, -0.15) is 0 Å². The molecule has 0 amide bonds. The Kier molecular flexibility index (Phi) is 2.60. The van der Waals surface area contributed by atoms with Gasteiger partial charge >= 0.3 is 0 Å². The lowest BCUT2D eigenvalue weighted by molar-refractivity contribution is 0.0980. The Bertz CT molecular complexity index is 401. The van der Waals surface area contributed by atoms with Gasteiger partial charge < -0.3 is 15.2 Å². The summed E-state index contributed by atoms with van der Waals surface area (Å²) in [5, 5.41) is 0. The van der Waals surface area contributed by atoms with Crippen LogP contribution in [0.4, 0.5) is 0 Å². The van der Waals surface area contributed by atoms with E-state index in [0.717, 1.165) is 5.56 Å². The van der Waals surface area contributed by atoms with Gasteiger partial charge in [-0.15, -0.1) is 0 Å². The third-order valence-electron chi connectivity index (χ3n) is 2.29. The molecular formula is C11H13NO3. The molecule has 1 aliphatic rings. The summed E-state index contributed by atoms with van der Waals surface area (Å²) in [6.45, 7) is 2.45. The van der Waals surface area contributed by atoms with Crippen LogP contribution < -0.4 is 15.2 Å². The fraction of sp³-hybridized carbons (Fsp3) is 0.364. The summed E-state index contributed by atoms with van der Waals surface area (Å²) >= 11 is 0. The van der Waals surface area contributed by atoms with Crippen LogP contribution in [0.5, 0.6) is 11.5 Å². The molecule has 15 heavy (non-hydrogen) atoms. The van der Waals surface area contributed by atoms with Crippen molar-refractivity contribution in [1.29, 1.82) is 0 Å². The molecule has 0 saturated carbocycles. The molecule has 4 nitrogen and oxygen atoms in total. The van der Waals surface area contributed by atoms with Gasteiger partial charge in [0.2, 0.25) is 6.79 Å². The highest BCUT2D eigenvalue weighted by atomic mass is 16.7. The summed E-state index contributed by atoms with van der Waals surface area (Å²) in [5.41, 5.74) is 6.92. The number of rotatable bonds is 3. The molecule has 4 heteroatoms. The van der Waals surface area contributed by atoms with Crippen LogP contribution in [0.25, 0.3) is 0 Å². The molecule has 2 rings (SSSR count). The van der Waals surface area contributed by atoms with Crippen molar-refractivity contribution in [3.8, 4) is 11.5 Å². The third-order valence-corrected chi connectivity index (χ3v) is 2.29. The smallest absolute Gasteiger partial charge is 0.231 e. The van der Waals surface area contributed by atoms with E-state index in [9.17, 15) is 4.79 Å². The maximum absolute atomic E-state index is 11.7. The van der Waals surface area contributed by atoms with Gasteiger partial charge in [0.05, 0.1) is 5.56 Å². The lowest BCUT2D eigenvalue weighted by atomic mass is 10.0. The second-order valence-corrected chi connectivity index (χ2v) is 3.51. The first-order valence-electron chi connectivity index (χ1n) is 4.86. The highest BCUT2D eigenvalue weighted by Crippen LogP contribution is 2.37. The molecule has 0 aromatic heterocycles.